The molecule has 0 aliphatic carbocycles. The number of nitrogen functional groups attached to an aromatic ring is 1. The molecule has 7 N–H and O–H groups in total. The van der Waals surface area contributed by atoms with Crippen LogP contribution in [0.5, 0.6) is 0 Å². The Hall–Kier alpha value is -2.61. The molecule has 108 valence electrons. The highest BCUT2D eigenvalue weighted by molar-refractivity contribution is 6.01. The second-order valence-electron chi connectivity index (χ2n) is 4.06. The number of ether oxygens (including phenoxy) is 1. The van der Waals surface area contributed by atoms with Crippen LogP contribution in [-0.2, 0) is 14.3 Å². The number of esters is 1. The van der Waals surface area contributed by atoms with Crippen molar-refractivity contribution in [3.63, 3.8) is 0 Å². The van der Waals surface area contributed by atoms with Gasteiger partial charge in [-0.15, -0.1) is 0 Å². The second kappa shape index (κ2) is 6.53. The lowest BCUT2D eigenvalue weighted by Gasteiger charge is -2.13. The molecule has 8 heteroatoms. The van der Waals surface area contributed by atoms with Gasteiger partial charge in [0.15, 0.2) is 0 Å². The first-order chi connectivity index (χ1) is 9.35. The summed E-state index contributed by atoms with van der Waals surface area (Å²) in [7, 11) is 1.24. The van der Waals surface area contributed by atoms with Crippen molar-refractivity contribution >= 4 is 29.2 Å². The molecule has 0 radical (unpaired) electrons. The number of hydrogen-bond donors (Lipinski definition) is 4. The monoisotopic (exact) mass is 280 g/mol. The summed E-state index contributed by atoms with van der Waals surface area (Å²) in [6.07, 6.45) is -0.289. The maximum atomic E-state index is 11.7. The van der Waals surface area contributed by atoms with Crippen molar-refractivity contribution in [1.82, 2.24) is 0 Å². The molecule has 8 nitrogen and oxygen atoms in total. The predicted octanol–water partition coefficient (Wildman–Crippen LogP) is -0.803. The van der Waals surface area contributed by atoms with Crippen molar-refractivity contribution in [1.29, 1.82) is 0 Å². The Labute approximate surface area is 115 Å². The zero-order valence-corrected chi connectivity index (χ0v) is 10.9. The zero-order valence-electron chi connectivity index (χ0n) is 10.9. The van der Waals surface area contributed by atoms with Gasteiger partial charge in [0.1, 0.15) is 0 Å². The van der Waals surface area contributed by atoms with Crippen LogP contribution in [-0.4, -0.2) is 30.9 Å². The molecule has 0 saturated heterocycles. The highest BCUT2D eigenvalue weighted by atomic mass is 16.5. The van der Waals surface area contributed by atoms with E-state index >= 15 is 0 Å². The summed E-state index contributed by atoms with van der Waals surface area (Å²) >= 11 is 0. The predicted molar refractivity (Wildman–Crippen MR) is 72.6 cm³/mol. The Bertz CT molecular complexity index is 544. The largest absolute Gasteiger partial charge is 0.465 e. The van der Waals surface area contributed by atoms with Crippen molar-refractivity contribution in [3.05, 3.63) is 23.8 Å². The van der Waals surface area contributed by atoms with Gasteiger partial charge in [0.05, 0.1) is 36.5 Å². The molecule has 1 aromatic rings. The van der Waals surface area contributed by atoms with Crippen molar-refractivity contribution in [2.45, 2.75) is 12.5 Å². The molecular weight excluding hydrogens is 264 g/mol. The van der Waals surface area contributed by atoms with Gasteiger partial charge in [-0.3, -0.25) is 9.59 Å². The minimum absolute atomic E-state index is 0.206. The molecule has 1 aromatic carbocycles. The van der Waals surface area contributed by atoms with Crippen molar-refractivity contribution < 1.29 is 19.1 Å². The molecule has 0 fully saturated rings. The number of nitrogens with two attached hydrogens (primary N) is 3. The standard InChI is InChI=1S/C12H16N4O4/c1-20-12(19)6-2-3-7(13)9(4-6)16-11(18)8(14)5-10(15)17/h2-4,8H,5,13-14H2,1H3,(H2,15,17)(H,16,18)/t8-/m0/s1. The van der Waals surface area contributed by atoms with Crippen LogP contribution >= 0.6 is 0 Å². The van der Waals surface area contributed by atoms with Crippen LogP contribution in [0.2, 0.25) is 0 Å². The Morgan fingerprint density at radius 3 is 2.55 bits per heavy atom. The number of carbonyl (C=O) groups is 3. The number of benzene rings is 1. The summed E-state index contributed by atoms with van der Waals surface area (Å²) in [6.45, 7) is 0. The van der Waals surface area contributed by atoms with Crippen molar-refractivity contribution in [2.24, 2.45) is 11.5 Å². The first-order valence-corrected chi connectivity index (χ1v) is 5.67. The van der Waals surface area contributed by atoms with E-state index in [0.29, 0.717) is 0 Å². The van der Waals surface area contributed by atoms with E-state index in [-0.39, 0.29) is 23.4 Å². The maximum Gasteiger partial charge on any atom is 0.337 e. The van der Waals surface area contributed by atoms with Crippen LogP contribution in [0, 0.1) is 0 Å². The Kier molecular flexibility index (Phi) is 5.04. The summed E-state index contributed by atoms with van der Waals surface area (Å²) < 4.78 is 4.56. The molecule has 0 saturated carbocycles. The lowest BCUT2D eigenvalue weighted by molar-refractivity contribution is -0.123. The first-order valence-electron chi connectivity index (χ1n) is 5.67. The molecule has 1 rings (SSSR count). The molecule has 0 aliphatic heterocycles. The van der Waals surface area contributed by atoms with Crippen LogP contribution in [0.15, 0.2) is 18.2 Å². The van der Waals surface area contributed by atoms with Gasteiger partial charge >= 0.3 is 5.97 Å². The molecule has 0 unspecified atom stereocenters. The summed E-state index contributed by atoms with van der Waals surface area (Å²) in [5.41, 5.74) is 16.8. The van der Waals surface area contributed by atoms with Gasteiger partial charge in [0.2, 0.25) is 11.8 Å². The van der Waals surface area contributed by atoms with Crippen LogP contribution < -0.4 is 22.5 Å². The fraction of sp³-hybridized carbons (Fsp3) is 0.250. The number of methoxy groups -OCH3 is 1. The van der Waals surface area contributed by atoms with Gasteiger partial charge in [0.25, 0.3) is 0 Å². The minimum Gasteiger partial charge on any atom is -0.465 e. The normalized spacial score (nSPS) is 11.5. The lowest BCUT2D eigenvalue weighted by Crippen LogP contribution is -2.39. The SMILES string of the molecule is COC(=O)c1ccc(N)c(NC(=O)[C@@H](N)CC(N)=O)c1. The van der Waals surface area contributed by atoms with E-state index in [4.69, 9.17) is 17.2 Å². The Morgan fingerprint density at radius 2 is 2.00 bits per heavy atom. The number of primary amides is 1. The van der Waals surface area contributed by atoms with Gasteiger partial charge in [-0.1, -0.05) is 0 Å². The molecule has 0 spiro atoms. The number of hydrogen-bond acceptors (Lipinski definition) is 6. The molecule has 0 bridgehead atoms. The third-order valence-electron chi connectivity index (χ3n) is 2.49. The fourth-order valence-corrected chi connectivity index (χ4v) is 1.44. The van der Waals surface area contributed by atoms with E-state index in [2.05, 4.69) is 10.1 Å². The zero-order chi connectivity index (χ0) is 15.3. The quantitative estimate of drug-likeness (QED) is 0.409. The third-order valence-corrected chi connectivity index (χ3v) is 2.49. The van der Waals surface area contributed by atoms with Gasteiger partial charge in [-0.25, -0.2) is 4.79 Å². The second-order valence-corrected chi connectivity index (χ2v) is 4.06. The molecule has 2 amide bonds. The summed E-state index contributed by atoms with van der Waals surface area (Å²) in [4.78, 5) is 33.8. The van der Waals surface area contributed by atoms with Gasteiger partial charge in [-0.05, 0) is 18.2 Å². The lowest BCUT2D eigenvalue weighted by atomic mass is 10.1. The number of anilines is 2. The van der Waals surface area contributed by atoms with Crippen LogP contribution in [0.1, 0.15) is 16.8 Å². The van der Waals surface area contributed by atoms with E-state index in [1.807, 2.05) is 0 Å². The topological polar surface area (TPSA) is 151 Å². The summed E-state index contributed by atoms with van der Waals surface area (Å²) in [6, 6.07) is 3.17. The average molecular weight is 280 g/mol. The van der Waals surface area contributed by atoms with Gasteiger partial charge in [-0.2, -0.15) is 0 Å². The van der Waals surface area contributed by atoms with Crippen molar-refractivity contribution in [3.8, 4) is 0 Å². The smallest absolute Gasteiger partial charge is 0.337 e. The number of rotatable bonds is 5. The molecule has 0 aromatic heterocycles. The summed E-state index contributed by atoms with van der Waals surface area (Å²) in [5, 5.41) is 2.43. The molecule has 0 heterocycles. The minimum atomic E-state index is -1.09. The number of nitrogens with one attached hydrogen (secondary N) is 1. The highest BCUT2D eigenvalue weighted by Gasteiger charge is 2.18. The molecular formula is C12H16N4O4. The third kappa shape index (κ3) is 3.95. The highest BCUT2D eigenvalue weighted by Crippen LogP contribution is 2.20. The molecule has 20 heavy (non-hydrogen) atoms. The van der Waals surface area contributed by atoms with E-state index < -0.39 is 23.8 Å². The van der Waals surface area contributed by atoms with E-state index in [1.165, 1.54) is 25.3 Å². The fourth-order valence-electron chi connectivity index (χ4n) is 1.44. The van der Waals surface area contributed by atoms with Crippen LogP contribution in [0.4, 0.5) is 11.4 Å². The van der Waals surface area contributed by atoms with Crippen LogP contribution in [0.25, 0.3) is 0 Å². The van der Waals surface area contributed by atoms with Gasteiger partial charge < -0.3 is 27.3 Å². The maximum absolute atomic E-state index is 11.7. The molecule has 0 aliphatic rings. The molecule has 1 atom stereocenters. The average Bonchev–Trinajstić information content (AvgIpc) is 2.39. The van der Waals surface area contributed by atoms with Crippen LogP contribution in [0.3, 0.4) is 0 Å². The van der Waals surface area contributed by atoms with E-state index in [1.54, 1.807) is 0 Å². The number of amides is 2. The first kappa shape index (κ1) is 15.4. The van der Waals surface area contributed by atoms with E-state index in [0.717, 1.165) is 0 Å². The van der Waals surface area contributed by atoms with Gasteiger partial charge in [0, 0.05) is 0 Å². The Balaban J connectivity index is 2.88. The van der Waals surface area contributed by atoms with E-state index in [9.17, 15) is 14.4 Å². The number of carbonyl (C=O) groups excluding carboxylic acids is 3. The van der Waals surface area contributed by atoms with Crippen molar-refractivity contribution in [2.75, 3.05) is 18.2 Å². The Morgan fingerprint density at radius 1 is 1.35 bits per heavy atom. The summed E-state index contributed by atoms with van der Waals surface area (Å²) in [5.74, 6) is -1.89.